The van der Waals surface area contributed by atoms with E-state index in [2.05, 4.69) is 27.3 Å². The third kappa shape index (κ3) is 3.65. The SMILES string of the molecule is CCSc1nc(CC(=O)NCc2cn3nc(C)sc3n2)cs1. The van der Waals surface area contributed by atoms with Crippen molar-refractivity contribution in [3.63, 3.8) is 0 Å². The second-order valence-electron chi connectivity index (χ2n) is 4.57. The summed E-state index contributed by atoms with van der Waals surface area (Å²) in [7, 11) is 0. The highest BCUT2D eigenvalue weighted by Crippen LogP contribution is 2.22. The van der Waals surface area contributed by atoms with E-state index < -0.39 is 0 Å². The van der Waals surface area contributed by atoms with Crippen LogP contribution in [0.4, 0.5) is 0 Å². The summed E-state index contributed by atoms with van der Waals surface area (Å²) in [5, 5.41) is 10.1. The van der Waals surface area contributed by atoms with Crippen LogP contribution in [0.3, 0.4) is 0 Å². The van der Waals surface area contributed by atoms with Crippen molar-refractivity contribution in [3.05, 3.63) is 28.0 Å². The van der Waals surface area contributed by atoms with Gasteiger partial charge in [0.05, 0.1) is 30.6 Å². The number of amides is 1. The second-order valence-corrected chi connectivity index (χ2v) is 8.10. The Bertz CT molecular complexity index is 759. The summed E-state index contributed by atoms with van der Waals surface area (Å²) in [6.45, 7) is 4.44. The van der Waals surface area contributed by atoms with E-state index in [1.54, 1.807) is 27.6 Å². The zero-order valence-electron chi connectivity index (χ0n) is 12.2. The molecule has 116 valence electrons. The quantitative estimate of drug-likeness (QED) is 0.690. The molecule has 1 amide bonds. The molecule has 0 atom stereocenters. The third-order valence-electron chi connectivity index (χ3n) is 2.80. The molecule has 0 unspecified atom stereocenters. The van der Waals surface area contributed by atoms with E-state index in [1.165, 1.54) is 11.3 Å². The molecule has 6 nitrogen and oxygen atoms in total. The average Bonchev–Trinajstić information content (AvgIpc) is 3.12. The smallest absolute Gasteiger partial charge is 0.226 e. The van der Waals surface area contributed by atoms with Crippen LogP contribution in [0.15, 0.2) is 15.9 Å². The molecule has 0 fully saturated rings. The lowest BCUT2D eigenvalue weighted by Gasteiger charge is -2.01. The van der Waals surface area contributed by atoms with Crippen molar-refractivity contribution in [3.8, 4) is 0 Å². The van der Waals surface area contributed by atoms with Gasteiger partial charge in [-0.3, -0.25) is 4.79 Å². The van der Waals surface area contributed by atoms with Gasteiger partial charge in [0, 0.05) is 5.38 Å². The number of thiazole rings is 1. The molecule has 3 aromatic rings. The maximum absolute atomic E-state index is 12.0. The first-order valence-electron chi connectivity index (χ1n) is 6.79. The first-order chi connectivity index (χ1) is 10.6. The number of nitrogens with one attached hydrogen (secondary N) is 1. The summed E-state index contributed by atoms with van der Waals surface area (Å²) in [6.07, 6.45) is 2.15. The second kappa shape index (κ2) is 6.76. The lowest BCUT2D eigenvalue weighted by atomic mass is 10.3. The number of imidazole rings is 1. The number of fused-ring (bicyclic) bond motifs is 1. The van der Waals surface area contributed by atoms with Crippen LogP contribution in [0.25, 0.3) is 4.96 Å². The Labute approximate surface area is 140 Å². The Morgan fingerprint density at radius 1 is 1.41 bits per heavy atom. The summed E-state index contributed by atoms with van der Waals surface area (Å²) in [4.78, 5) is 21.7. The number of aromatic nitrogens is 4. The molecule has 0 bridgehead atoms. The first-order valence-corrected chi connectivity index (χ1v) is 9.48. The van der Waals surface area contributed by atoms with Crippen LogP contribution >= 0.6 is 34.4 Å². The molecule has 22 heavy (non-hydrogen) atoms. The Kier molecular flexibility index (Phi) is 4.74. The fourth-order valence-electron chi connectivity index (χ4n) is 1.91. The van der Waals surface area contributed by atoms with Gasteiger partial charge < -0.3 is 5.32 Å². The van der Waals surface area contributed by atoms with E-state index in [0.717, 1.165) is 31.4 Å². The molecule has 0 saturated heterocycles. The Hall–Kier alpha value is -1.45. The number of hydrogen-bond donors (Lipinski definition) is 1. The van der Waals surface area contributed by atoms with Gasteiger partial charge in [-0.05, 0) is 12.7 Å². The maximum atomic E-state index is 12.0. The minimum absolute atomic E-state index is 0.0427. The third-order valence-corrected chi connectivity index (χ3v) is 5.59. The molecule has 3 rings (SSSR count). The summed E-state index contributed by atoms with van der Waals surface area (Å²) < 4.78 is 2.76. The minimum Gasteiger partial charge on any atom is -0.350 e. The van der Waals surface area contributed by atoms with Gasteiger partial charge in [-0.1, -0.05) is 30.0 Å². The first kappa shape index (κ1) is 15.4. The van der Waals surface area contributed by atoms with Crippen molar-refractivity contribution < 1.29 is 4.79 Å². The number of rotatable bonds is 6. The topological polar surface area (TPSA) is 72.2 Å². The van der Waals surface area contributed by atoms with Crippen LogP contribution in [-0.2, 0) is 17.8 Å². The molecular formula is C13H15N5OS3. The van der Waals surface area contributed by atoms with Gasteiger partial charge in [0.15, 0.2) is 0 Å². The molecule has 0 aliphatic heterocycles. The molecular weight excluding hydrogens is 338 g/mol. The number of aryl methyl sites for hydroxylation is 1. The molecule has 0 saturated carbocycles. The van der Waals surface area contributed by atoms with Gasteiger partial charge in [-0.2, -0.15) is 5.10 Å². The fourth-order valence-corrected chi connectivity index (χ4v) is 4.39. The molecule has 3 aromatic heterocycles. The number of thioether (sulfide) groups is 1. The van der Waals surface area contributed by atoms with Crippen LogP contribution in [0.5, 0.6) is 0 Å². The van der Waals surface area contributed by atoms with Crippen LogP contribution in [-0.4, -0.2) is 31.2 Å². The largest absolute Gasteiger partial charge is 0.350 e. The highest BCUT2D eigenvalue weighted by molar-refractivity contribution is 8.00. The number of carbonyl (C=O) groups is 1. The van der Waals surface area contributed by atoms with E-state index in [9.17, 15) is 4.79 Å². The van der Waals surface area contributed by atoms with Gasteiger partial charge in [-0.15, -0.1) is 11.3 Å². The van der Waals surface area contributed by atoms with Crippen molar-refractivity contribution in [1.29, 1.82) is 0 Å². The van der Waals surface area contributed by atoms with Gasteiger partial charge in [0.1, 0.15) is 9.35 Å². The van der Waals surface area contributed by atoms with Crippen molar-refractivity contribution in [2.45, 2.75) is 31.2 Å². The van der Waals surface area contributed by atoms with Gasteiger partial charge >= 0.3 is 0 Å². The number of nitrogens with zero attached hydrogens (tertiary/aromatic N) is 4. The lowest BCUT2D eigenvalue weighted by Crippen LogP contribution is -2.24. The highest BCUT2D eigenvalue weighted by Gasteiger charge is 2.10. The maximum Gasteiger partial charge on any atom is 0.226 e. The highest BCUT2D eigenvalue weighted by atomic mass is 32.2. The summed E-state index contributed by atoms with van der Waals surface area (Å²) in [6, 6.07) is 0. The summed E-state index contributed by atoms with van der Waals surface area (Å²) in [5.41, 5.74) is 1.63. The van der Waals surface area contributed by atoms with Crippen LogP contribution < -0.4 is 5.32 Å². The molecule has 0 aliphatic carbocycles. The van der Waals surface area contributed by atoms with Gasteiger partial charge in [0.2, 0.25) is 10.9 Å². The minimum atomic E-state index is -0.0427. The van der Waals surface area contributed by atoms with E-state index in [0.29, 0.717) is 13.0 Å². The van der Waals surface area contributed by atoms with Gasteiger partial charge in [0.25, 0.3) is 0 Å². The van der Waals surface area contributed by atoms with Crippen LogP contribution in [0.2, 0.25) is 0 Å². The zero-order chi connectivity index (χ0) is 15.5. The summed E-state index contributed by atoms with van der Waals surface area (Å²) in [5.74, 6) is 0.947. The zero-order valence-corrected chi connectivity index (χ0v) is 14.6. The molecule has 9 heteroatoms. The Morgan fingerprint density at radius 2 is 2.27 bits per heavy atom. The normalized spacial score (nSPS) is 11.2. The van der Waals surface area contributed by atoms with Crippen molar-refractivity contribution in [1.82, 2.24) is 24.9 Å². The number of carbonyl (C=O) groups excluding carboxylic acids is 1. The standard InChI is InChI=1S/C13H15N5OS3/c1-3-20-13-16-9(7-21-13)4-11(19)14-5-10-6-18-12(15-10)22-8(2)17-18/h6-7H,3-5H2,1-2H3,(H,14,19). The predicted octanol–water partition coefficient (Wildman–Crippen LogP) is 2.53. The monoisotopic (exact) mass is 353 g/mol. The Morgan fingerprint density at radius 3 is 3.05 bits per heavy atom. The van der Waals surface area contributed by atoms with Crippen molar-refractivity contribution in [2.75, 3.05) is 5.75 Å². The van der Waals surface area contributed by atoms with Crippen LogP contribution in [0.1, 0.15) is 23.3 Å². The van der Waals surface area contributed by atoms with E-state index in [-0.39, 0.29) is 5.91 Å². The van der Waals surface area contributed by atoms with Crippen molar-refractivity contribution in [2.24, 2.45) is 0 Å². The predicted molar refractivity (Wildman–Crippen MR) is 89.7 cm³/mol. The number of hydrogen-bond acceptors (Lipinski definition) is 7. The molecule has 0 aliphatic rings. The van der Waals surface area contributed by atoms with E-state index in [1.807, 2.05) is 18.5 Å². The fraction of sp³-hybridized carbons (Fsp3) is 0.385. The molecule has 1 N–H and O–H groups in total. The summed E-state index contributed by atoms with van der Waals surface area (Å²) >= 11 is 4.81. The lowest BCUT2D eigenvalue weighted by molar-refractivity contribution is -0.120. The van der Waals surface area contributed by atoms with Gasteiger partial charge in [-0.25, -0.2) is 14.5 Å². The molecule has 0 spiro atoms. The van der Waals surface area contributed by atoms with Crippen LogP contribution in [0, 0.1) is 6.92 Å². The average molecular weight is 353 g/mol. The Balaban J connectivity index is 1.53. The molecule has 0 radical (unpaired) electrons. The molecule has 0 aromatic carbocycles. The van der Waals surface area contributed by atoms with E-state index >= 15 is 0 Å². The molecule has 3 heterocycles. The van der Waals surface area contributed by atoms with E-state index in [4.69, 9.17) is 0 Å². The van der Waals surface area contributed by atoms with Crippen molar-refractivity contribution >= 4 is 45.3 Å².